The number of imidazole rings is 1. The van der Waals surface area contributed by atoms with Gasteiger partial charge in [-0.05, 0) is 25.1 Å². The van der Waals surface area contributed by atoms with Crippen LogP contribution in [0.5, 0.6) is 11.5 Å². The molecule has 0 bridgehead atoms. The fraction of sp³-hybridized carbons (Fsp3) is 0.357. The summed E-state index contributed by atoms with van der Waals surface area (Å²) < 4.78 is 5.17. The van der Waals surface area contributed by atoms with Crippen LogP contribution in [-0.2, 0) is 6.42 Å². The molecule has 3 N–H and O–H groups in total. The van der Waals surface area contributed by atoms with E-state index in [4.69, 9.17) is 4.74 Å². The van der Waals surface area contributed by atoms with Gasteiger partial charge in [0.05, 0.1) is 7.11 Å². The Morgan fingerprint density at radius 2 is 2.32 bits per heavy atom. The summed E-state index contributed by atoms with van der Waals surface area (Å²) in [7, 11) is 1.62. The number of methoxy groups -OCH3 is 1. The zero-order chi connectivity index (χ0) is 13.7. The quantitative estimate of drug-likeness (QED) is 0.744. The molecule has 1 unspecified atom stereocenters. The molecule has 1 aromatic heterocycles. The molecule has 1 atom stereocenters. The third kappa shape index (κ3) is 3.48. The molecule has 0 aliphatic rings. The SMILES string of the molecule is COc1ccc(O)c(C(C)NCCc2ncc[nH]2)c1. The predicted molar refractivity (Wildman–Crippen MR) is 73.4 cm³/mol. The van der Waals surface area contributed by atoms with Crippen LogP contribution in [-0.4, -0.2) is 28.7 Å². The Balaban J connectivity index is 1.93. The first-order valence-electron chi connectivity index (χ1n) is 6.29. The Labute approximate surface area is 112 Å². The van der Waals surface area contributed by atoms with Crippen LogP contribution < -0.4 is 10.1 Å². The first-order chi connectivity index (χ1) is 9.20. The van der Waals surface area contributed by atoms with E-state index in [1.807, 2.05) is 19.2 Å². The van der Waals surface area contributed by atoms with E-state index in [1.54, 1.807) is 25.4 Å². The molecular weight excluding hydrogens is 242 g/mol. The van der Waals surface area contributed by atoms with Crippen LogP contribution >= 0.6 is 0 Å². The fourth-order valence-corrected chi connectivity index (χ4v) is 1.96. The van der Waals surface area contributed by atoms with E-state index in [1.165, 1.54) is 0 Å². The smallest absolute Gasteiger partial charge is 0.120 e. The lowest BCUT2D eigenvalue weighted by Gasteiger charge is -2.16. The molecule has 1 heterocycles. The minimum Gasteiger partial charge on any atom is -0.508 e. The predicted octanol–water partition coefficient (Wildman–Crippen LogP) is 2.02. The molecule has 0 aliphatic heterocycles. The number of rotatable bonds is 6. The number of hydrogen-bond donors (Lipinski definition) is 3. The van der Waals surface area contributed by atoms with Gasteiger partial charge in [0.2, 0.25) is 0 Å². The Morgan fingerprint density at radius 3 is 3.00 bits per heavy atom. The van der Waals surface area contributed by atoms with E-state index < -0.39 is 0 Å². The van der Waals surface area contributed by atoms with Crippen molar-refractivity contribution in [2.75, 3.05) is 13.7 Å². The lowest BCUT2D eigenvalue weighted by molar-refractivity contribution is 0.407. The molecule has 5 nitrogen and oxygen atoms in total. The number of aromatic hydroxyl groups is 1. The minimum absolute atomic E-state index is 0.0464. The number of ether oxygens (including phenoxy) is 1. The highest BCUT2D eigenvalue weighted by molar-refractivity contribution is 5.41. The fourth-order valence-electron chi connectivity index (χ4n) is 1.96. The Morgan fingerprint density at radius 1 is 1.47 bits per heavy atom. The molecule has 0 radical (unpaired) electrons. The minimum atomic E-state index is 0.0464. The van der Waals surface area contributed by atoms with Crippen molar-refractivity contribution < 1.29 is 9.84 Å². The van der Waals surface area contributed by atoms with Gasteiger partial charge in [-0.3, -0.25) is 0 Å². The van der Waals surface area contributed by atoms with Gasteiger partial charge >= 0.3 is 0 Å². The average Bonchev–Trinajstić information content (AvgIpc) is 2.92. The summed E-state index contributed by atoms with van der Waals surface area (Å²) in [5.41, 5.74) is 0.832. The molecule has 1 aromatic carbocycles. The molecule has 0 spiro atoms. The zero-order valence-corrected chi connectivity index (χ0v) is 11.2. The highest BCUT2D eigenvalue weighted by Crippen LogP contribution is 2.28. The van der Waals surface area contributed by atoms with E-state index in [0.717, 1.165) is 30.1 Å². The van der Waals surface area contributed by atoms with Gasteiger partial charge in [-0.25, -0.2) is 4.98 Å². The summed E-state index contributed by atoms with van der Waals surface area (Å²) in [5.74, 6) is 1.97. The molecule has 2 rings (SSSR count). The molecule has 5 heteroatoms. The van der Waals surface area contributed by atoms with Gasteiger partial charge in [-0.2, -0.15) is 0 Å². The number of phenols is 1. The standard InChI is InChI=1S/C14H19N3O2/c1-10(15-6-5-14-16-7-8-17-14)12-9-11(19-2)3-4-13(12)18/h3-4,7-10,15,18H,5-6H2,1-2H3,(H,16,17). The lowest BCUT2D eigenvalue weighted by atomic mass is 10.1. The number of phenolic OH excluding ortho intramolecular Hbond substituents is 1. The number of hydrogen-bond acceptors (Lipinski definition) is 4. The van der Waals surface area contributed by atoms with Crippen molar-refractivity contribution in [3.8, 4) is 11.5 Å². The van der Waals surface area contributed by atoms with Crippen LogP contribution in [0.1, 0.15) is 24.4 Å². The van der Waals surface area contributed by atoms with E-state index in [0.29, 0.717) is 0 Å². The molecule has 19 heavy (non-hydrogen) atoms. The monoisotopic (exact) mass is 261 g/mol. The maximum absolute atomic E-state index is 9.87. The molecule has 2 aromatic rings. The largest absolute Gasteiger partial charge is 0.508 e. The Bertz CT molecular complexity index is 511. The molecule has 0 amide bonds. The van der Waals surface area contributed by atoms with E-state index >= 15 is 0 Å². The summed E-state index contributed by atoms with van der Waals surface area (Å²) in [6.45, 7) is 2.79. The van der Waals surface area contributed by atoms with Crippen molar-refractivity contribution in [3.63, 3.8) is 0 Å². The van der Waals surface area contributed by atoms with Crippen LogP contribution in [0.2, 0.25) is 0 Å². The second-order valence-electron chi connectivity index (χ2n) is 4.39. The second-order valence-corrected chi connectivity index (χ2v) is 4.39. The van der Waals surface area contributed by atoms with Crippen LogP contribution in [0.15, 0.2) is 30.6 Å². The van der Waals surface area contributed by atoms with Gasteiger partial charge in [-0.1, -0.05) is 0 Å². The molecule has 0 aliphatic carbocycles. The number of aromatic amines is 1. The van der Waals surface area contributed by atoms with Crippen molar-refractivity contribution >= 4 is 0 Å². The van der Waals surface area contributed by atoms with Crippen molar-refractivity contribution in [2.45, 2.75) is 19.4 Å². The highest BCUT2D eigenvalue weighted by atomic mass is 16.5. The lowest BCUT2D eigenvalue weighted by Crippen LogP contribution is -2.21. The highest BCUT2D eigenvalue weighted by Gasteiger charge is 2.11. The maximum Gasteiger partial charge on any atom is 0.120 e. The average molecular weight is 261 g/mol. The molecule has 0 saturated carbocycles. The third-order valence-electron chi connectivity index (χ3n) is 3.07. The summed E-state index contributed by atoms with van der Waals surface area (Å²) >= 11 is 0. The summed E-state index contributed by atoms with van der Waals surface area (Å²) in [6, 6.07) is 5.29. The van der Waals surface area contributed by atoms with Crippen molar-refractivity contribution in [3.05, 3.63) is 42.0 Å². The van der Waals surface area contributed by atoms with Gasteiger partial charge in [-0.15, -0.1) is 0 Å². The number of H-pyrrole nitrogens is 1. The van der Waals surface area contributed by atoms with Gasteiger partial charge in [0.25, 0.3) is 0 Å². The van der Waals surface area contributed by atoms with Crippen molar-refractivity contribution in [1.82, 2.24) is 15.3 Å². The molecule has 0 fully saturated rings. The van der Waals surface area contributed by atoms with Crippen LogP contribution in [0.3, 0.4) is 0 Å². The maximum atomic E-state index is 9.87. The van der Waals surface area contributed by atoms with E-state index in [9.17, 15) is 5.11 Å². The van der Waals surface area contributed by atoms with Crippen molar-refractivity contribution in [1.29, 1.82) is 0 Å². The third-order valence-corrected chi connectivity index (χ3v) is 3.07. The number of aromatic nitrogens is 2. The second kappa shape index (κ2) is 6.24. The number of nitrogens with zero attached hydrogens (tertiary/aromatic N) is 1. The van der Waals surface area contributed by atoms with Crippen LogP contribution in [0.4, 0.5) is 0 Å². The Kier molecular flexibility index (Phi) is 4.41. The topological polar surface area (TPSA) is 70.2 Å². The molecule has 0 saturated heterocycles. The number of benzene rings is 1. The first-order valence-corrected chi connectivity index (χ1v) is 6.29. The molecule has 102 valence electrons. The van der Waals surface area contributed by atoms with E-state index in [2.05, 4.69) is 15.3 Å². The van der Waals surface area contributed by atoms with Gasteiger partial charge < -0.3 is 20.1 Å². The van der Waals surface area contributed by atoms with E-state index in [-0.39, 0.29) is 11.8 Å². The first kappa shape index (κ1) is 13.4. The summed E-state index contributed by atoms with van der Waals surface area (Å²) in [5, 5.41) is 13.2. The van der Waals surface area contributed by atoms with Gasteiger partial charge in [0.1, 0.15) is 17.3 Å². The van der Waals surface area contributed by atoms with Crippen LogP contribution in [0, 0.1) is 0 Å². The summed E-state index contributed by atoms with van der Waals surface area (Å²) in [4.78, 5) is 7.23. The number of nitrogens with one attached hydrogen (secondary N) is 2. The normalized spacial score (nSPS) is 12.3. The Hall–Kier alpha value is -2.01. The van der Waals surface area contributed by atoms with Crippen LogP contribution in [0.25, 0.3) is 0 Å². The summed E-state index contributed by atoms with van der Waals surface area (Å²) in [6.07, 6.45) is 4.38. The zero-order valence-electron chi connectivity index (χ0n) is 11.2. The van der Waals surface area contributed by atoms with Crippen molar-refractivity contribution in [2.24, 2.45) is 0 Å². The van der Waals surface area contributed by atoms with Gasteiger partial charge in [0.15, 0.2) is 0 Å². The molecular formula is C14H19N3O2. The van der Waals surface area contributed by atoms with Gasteiger partial charge in [0, 0.05) is 37.0 Å².